The monoisotopic (exact) mass is 452 g/mol. The Hall–Kier alpha value is -2.29. The van der Waals surface area contributed by atoms with Gasteiger partial charge in [0, 0.05) is 20.2 Å². The number of aliphatic hydroxyl groups excluding tert-OH is 1. The number of carbonyl (C=O) groups is 1. The second-order valence-electron chi connectivity index (χ2n) is 8.45. The van der Waals surface area contributed by atoms with Crippen LogP contribution in [-0.2, 0) is 20.6 Å². The van der Waals surface area contributed by atoms with E-state index in [9.17, 15) is 9.90 Å². The number of carbonyl (C=O) groups excluding carboxylic acids is 1. The van der Waals surface area contributed by atoms with Gasteiger partial charge in [-0.2, -0.15) is 0 Å². The molecule has 2 aromatic rings. The summed E-state index contributed by atoms with van der Waals surface area (Å²) >= 11 is 0. The molecule has 33 heavy (non-hydrogen) atoms. The highest BCUT2D eigenvalue weighted by molar-refractivity contribution is 6.61. The molecule has 1 N–H and O–H groups in total. The lowest BCUT2D eigenvalue weighted by Crippen LogP contribution is -2.40. The van der Waals surface area contributed by atoms with Crippen molar-refractivity contribution >= 4 is 24.9 Å². The second kappa shape index (κ2) is 14.1. The van der Waals surface area contributed by atoms with E-state index in [0.29, 0.717) is 26.4 Å². The molecule has 7 heteroatoms. The summed E-state index contributed by atoms with van der Waals surface area (Å²) in [4.78, 5) is 14.5. The number of aryl methyl sites for hydroxylation is 1. The van der Waals surface area contributed by atoms with Gasteiger partial charge in [-0.15, -0.1) is 0 Å². The number of aldehydes is 1. The maximum Gasteiger partial charge on any atom is 0.494 e. The Kier molecular flexibility index (Phi) is 11.5. The van der Waals surface area contributed by atoms with Crippen molar-refractivity contribution in [1.82, 2.24) is 9.80 Å². The molecule has 0 aliphatic heterocycles. The second-order valence-corrected chi connectivity index (χ2v) is 8.45. The fourth-order valence-corrected chi connectivity index (χ4v) is 3.63. The molecule has 0 bridgehead atoms. The lowest BCUT2D eigenvalue weighted by atomic mass is 9.78. The molecule has 0 saturated carbocycles. The third-order valence-electron chi connectivity index (χ3n) is 5.42. The molecule has 2 aromatic carbocycles. The molecular formula is C26H37BN2O4. The summed E-state index contributed by atoms with van der Waals surface area (Å²) in [6.07, 6.45) is 5.55. The predicted molar refractivity (Wildman–Crippen MR) is 135 cm³/mol. The highest BCUT2D eigenvalue weighted by atomic mass is 16.6. The first kappa shape index (κ1) is 27.0. The van der Waals surface area contributed by atoms with Crippen LogP contribution in [0.3, 0.4) is 0 Å². The molecular weight excluding hydrogens is 415 g/mol. The number of allylic oxidation sites excluding steroid dienone is 1. The number of rotatable bonds is 14. The molecule has 0 heterocycles. The van der Waals surface area contributed by atoms with Crippen LogP contribution in [0.15, 0.2) is 48.5 Å². The van der Waals surface area contributed by atoms with E-state index in [1.165, 1.54) is 5.56 Å². The molecule has 0 spiro atoms. The average molecular weight is 452 g/mol. The van der Waals surface area contributed by atoms with E-state index in [4.69, 9.17) is 9.31 Å². The Bertz CT molecular complexity index is 906. The van der Waals surface area contributed by atoms with Crippen LogP contribution in [0, 0.1) is 6.92 Å². The van der Waals surface area contributed by atoms with Crippen molar-refractivity contribution in [3.05, 3.63) is 70.8 Å². The predicted octanol–water partition coefficient (Wildman–Crippen LogP) is 3.03. The Morgan fingerprint density at radius 2 is 1.94 bits per heavy atom. The van der Waals surface area contributed by atoms with Gasteiger partial charge in [0.1, 0.15) is 6.29 Å². The summed E-state index contributed by atoms with van der Waals surface area (Å²) in [7, 11) is 4.90. The fraction of sp³-hybridized carbons (Fsp3) is 0.423. The first-order valence-electron chi connectivity index (χ1n) is 11.4. The van der Waals surface area contributed by atoms with Crippen LogP contribution in [0.2, 0.25) is 0 Å². The zero-order valence-corrected chi connectivity index (χ0v) is 20.5. The molecule has 6 nitrogen and oxygen atoms in total. The van der Waals surface area contributed by atoms with Gasteiger partial charge < -0.3 is 19.2 Å². The standard InChI is InChI=1S/C26H37BN2O4/c1-6-7-10-23-12-13-24(16-21(23)2)26(31)19-29(4)18-22-9-8-11-25(17-22)27(32-5)33-20-28(3)14-15-30/h7-13,15-17,26,31H,6,14,18-20H2,1-5H3/b10-7-. The Morgan fingerprint density at radius 3 is 2.61 bits per heavy atom. The molecule has 0 radical (unpaired) electrons. The number of likely N-dealkylation sites (N-methyl/N-ethyl adjacent to an activating group) is 2. The van der Waals surface area contributed by atoms with Gasteiger partial charge >= 0.3 is 7.12 Å². The molecule has 1 unspecified atom stereocenters. The van der Waals surface area contributed by atoms with Crippen LogP contribution in [0.4, 0.5) is 0 Å². The number of nitrogens with zero attached hydrogens (tertiary/aromatic N) is 2. The van der Waals surface area contributed by atoms with Crippen LogP contribution in [0.5, 0.6) is 0 Å². The summed E-state index contributed by atoms with van der Waals surface area (Å²) in [5.41, 5.74) is 5.29. The van der Waals surface area contributed by atoms with E-state index >= 15 is 0 Å². The largest absolute Gasteiger partial charge is 0.494 e. The highest BCUT2D eigenvalue weighted by Crippen LogP contribution is 2.20. The lowest BCUT2D eigenvalue weighted by Gasteiger charge is -2.22. The van der Waals surface area contributed by atoms with Crippen molar-refractivity contribution in [3.63, 3.8) is 0 Å². The normalized spacial score (nSPS) is 12.6. The maximum atomic E-state index is 10.8. The minimum atomic E-state index is -0.565. The molecule has 0 saturated heterocycles. The van der Waals surface area contributed by atoms with E-state index < -0.39 is 13.2 Å². The van der Waals surface area contributed by atoms with Crippen LogP contribution in [0.1, 0.15) is 41.7 Å². The SMILES string of the molecule is CC/C=C\c1ccc(C(O)CN(C)Cc2cccc(B(OC)OCN(C)CC=O)c2)cc1C. The molecule has 0 aliphatic rings. The number of hydrogen-bond acceptors (Lipinski definition) is 6. The number of aliphatic hydroxyl groups is 1. The third-order valence-corrected chi connectivity index (χ3v) is 5.42. The lowest BCUT2D eigenvalue weighted by molar-refractivity contribution is -0.109. The number of benzene rings is 2. The summed E-state index contributed by atoms with van der Waals surface area (Å²) in [5, 5.41) is 10.8. The van der Waals surface area contributed by atoms with Gasteiger partial charge in [0.25, 0.3) is 0 Å². The molecule has 178 valence electrons. The Labute approximate surface area is 199 Å². The first-order valence-corrected chi connectivity index (χ1v) is 11.4. The van der Waals surface area contributed by atoms with E-state index in [1.54, 1.807) is 12.0 Å². The minimum absolute atomic E-state index is 0.292. The number of hydrogen-bond donors (Lipinski definition) is 1. The first-order chi connectivity index (χ1) is 15.9. The smallest absolute Gasteiger partial charge is 0.410 e. The molecule has 0 aromatic heterocycles. The van der Waals surface area contributed by atoms with Gasteiger partial charge in [-0.05, 0) is 55.2 Å². The van der Waals surface area contributed by atoms with Gasteiger partial charge in [-0.25, -0.2) is 0 Å². The van der Waals surface area contributed by atoms with Crippen LogP contribution in [0.25, 0.3) is 6.08 Å². The van der Waals surface area contributed by atoms with E-state index in [0.717, 1.165) is 34.9 Å². The van der Waals surface area contributed by atoms with E-state index in [-0.39, 0.29) is 0 Å². The Balaban J connectivity index is 1.98. The van der Waals surface area contributed by atoms with Gasteiger partial charge in [0.15, 0.2) is 0 Å². The van der Waals surface area contributed by atoms with Gasteiger partial charge in [-0.3, -0.25) is 9.80 Å². The molecule has 0 aliphatic carbocycles. The van der Waals surface area contributed by atoms with E-state index in [2.05, 4.69) is 55.2 Å². The molecule has 1 atom stereocenters. The van der Waals surface area contributed by atoms with Crippen molar-refractivity contribution in [2.45, 2.75) is 32.9 Å². The van der Waals surface area contributed by atoms with Crippen molar-refractivity contribution in [3.8, 4) is 0 Å². The zero-order valence-electron chi connectivity index (χ0n) is 20.5. The van der Waals surface area contributed by atoms with Crippen molar-refractivity contribution in [2.75, 3.05) is 41.0 Å². The van der Waals surface area contributed by atoms with Gasteiger partial charge in [0.05, 0.1) is 19.4 Å². The fourth-order valence-electron chi connectivity index (χ4n) is 3.63. The van der Waals surface area contributed by atoms with Crippen molar-refractivity contribution in [1.29, 1.82) is 0 Å². The summed E-state index contributed by atoms with van der Waals surface area (Å²) in [6, 6.07) is 14.2. The third kappa shape index (κ3) is 8.87. The topological polar surface area (TPSA) is 62.2 Å². The van der Waals surface area contributed by atoms with Crippen LogP contribution < -0.4 is 5.46 Å². The highest BCUT2D eigenvalue weighted by Gasteiger charge is 2.21. The summed E-state index contributed by atoms with van der Waals surface area (Å²) in [6.45, 7) is 6.00. The minimum Gasteiger partial charge on any atom is -0.410 e. The molecule has 0 fully saturated rings. The summed E-state index contributed by atoms with van der Waals surface area (Å²) in [5.74, 6) is 0. The molecule has 0 amide bonds. The van der Waals surface area contributed by atoms with Crippen molar-refractivity contribution < 1.29 is 19.2 Å². The van der Waals surface area contributed by atoms with E-state index in [1.807, 2.05) is 32.3 Å². The maximum absolute atomic E-state index is 10.8. The van der Waals surface area contributed by atoms with Gasteiger partial charge in [0.2, 0.25) is 0 Å². The van der Waals surface area contributed by atoms with Crippen molar-refractivity contribution in [2.24, 2.45) is 0 Å². The zero-order chi connectivity index (χ0) is 24.2. The molecule has 2 rings (SSSR count). The quantitative estimate of drug-likeness (QED) is 0.270. The average Bonchev–Trinajstić information content (AvgIpc) is 2.79. The van der Waals surface area contributed by atoms with Crippen LogP contribution in [-0.4, -0.2) is 69.3 Å². The van der Waals surface area contributed by atoms with Crippen LogP contribution >= 0.6 is 0 Å². The Morgan fingerprint density at radius 1 is 1.15 bits per heavy atom. The summed E-state index contributed by atoms with van der Waals surface area (Å²) < 4.78 is 11.3. The van der Waals surface area contributed by atoms with Gasteiger partial charge in [-0.1, -0.05) is 61.5 Å².